The molecule has 1 aromatic carbocycles. The summed E-state index contributed by atoms with van der Waals surface area (Å²) in [5.41, 5.74) is 1.94. The number of benzene rings is 1. The molecule has 3 rings (SSSR count). The Morgan fingerprint density at radius 1 is 1.15 bits per heavy atom. The van der Waals surface area contributed by atoms with Crippen molar-refractivity contribution < 1.29 is 14.7 Å². The van der Waals surface area contributed by atoms with E-state index in [2.05, 4.69) is 0 Å². The smallest absolute Gasteiger partial charge is 0.336 e. The van der Waals surface area contributed by atoms with Crippen LogP contribution in [0.4, 0.5) is 0 Å². The van der Waals surface area contributed by atoms with Gasteiger partial charge in [0, 0.05) is 12.6 Å². The largest absolute Gasteiger partial charge is 0.478 e. The van der Waals surface area contributed by atoms with Crippen LogP contribution in [0.25, 0.3) is 0 Å². The second-order valence-electron chi connectivity index (χ2n) is 6.04. The van der Waals surface area contributed by atoms with E-state index in [4.69, 9.17) is 0 Å². The van der Waals surface area contributed by atoms with Crippen LogP contribution in [0.3, 0.4) is 0 Å². The van der Waals surface area contributed by atoms with Crippen LogP contribution in [0.15, 0.2) is 12.1 Å². The Morgan fingerprint density at radius 3 is 2.30 bits per heavy atom. The predicted molar refractivity (Wildman–Crippen MR) is 75.0 cm³/mol. The lowest BCUT2D eigenvalue weighted by Crippen LogP contribution is -2.38. The number of fused-ring (bicyclic) bond motifs is 2. The monoisotopic (exact) mass is 273 g/mol. The number of likely N-dealkylation sites (tertiary alicyclic amines) is 1. The van der Waals surface area contributed by atoms with Crippen LogP contribution in [0, 0.1) is 19.8 Å². The van der Waals surface area contributed by atoms with Crippen LogP contribution in [0.1, 0.15) is 51.1 Å². The molecular formula is C16H19NO3. The Kier molecular flexibility index (Phi) is 3.04. The summed E-state index contributed by atoms with van der Waals surface area (Å²) in [7, 11) is 0. The lowest BCUT2D eigenvalue weighted by Gasteiger charge is -2.28. The van der Waals surface area contributed by atoms with Gasteiger partial charge in [0.05, 0.1) is 11.1 Å². The third-order valence-electron chi connectivity index (χ3n) is 4.72. The van der Waals surface area contributed by atoms with E-state index in [1.165, 1.54) is 6.42 Å². The van der Waals surface area contributed by atoms with Gasteiger partial charge in [0.1, 0.15) is 0 Å². The van der Waals surface area contributed by atoms with E-state index in [0.717, 1.165) is 24.9 Å². The van der Waals surface area contributed by atoms with Gasteiger partial charge >= 0.3 is 5.97 Å². The number of aryl methyl sites for hydroxylation is 2. The van der Waals surface area contributed by atoms with Gasteiger partial charge in [-0.25, -0.2) is 4.79 Å². The first-order chi connectivity index (χ1) is 9.49. The number of nitrogens with zero attached hydrogens (tertiary/aromatic N) is 1. The molecule has 2 fully saturated rings. The molecule has 2 atom stereocenters. The normalized spacial score (nSPS) is 24.2. The van der Waals surface area contributed by atoms with Crippen molar-refractivity contribution in [2.45, 2.75) is 39.2 Å². The molecule has 2 unspecified atom stereocenters. The van der Waals surface area contributed by atoms with Crippen molar-refractivity contribution in [2.24, 2.45) is 5.92 Å². The van der Waals surface area contributed by atoms with E-state index >= 15 is 0 Å². The van der Waals surface area contributed by atoms with Gasteiger partial charge in [-0.05, 0) is 50.2 Å². The first-order valence-corrected chi connectivity index (χ1v) is 7.13. The minimum absolute atomic E-state index is 0.101. The topological polar surface area (TPSA) is 57.6 Å². The number of carboxylic acid groups (broad SMARTS) is 1. The summed E-state index contributed by atoms with van der Waals surface area (Å²) in [5.74, 6) is -0.503. The number of amides is 1. The molecule has 1 amide bonds. The highest BCUT2D eigenvalue weighted by Crippen LogP contribution is 2.38. The third-order valence-corrected chi connectivity index (χ3v) is 4.72. The number of hydrogen-bond donors (Lipinski definition) is 1. The Bertz CT molecular complexity index is 594. The van der Waals surface area contributed by atoms with Crippen molar-refractivity contribution in [1.82, 2.24) is 4.90 Å². The molecule has 2 bridgehead atoms. The molecule has 20 heavy (non-hydrogen) atoms. The summed E-state index contributed by atoms with van der Waals surface area (Å²) < 4.78 is 0. The molecular weight excluding hydrogens is 254 g/mol. The fraction of sp³-hybridized carbons (Fsp3) is 0.500. The number of piperidine rings is 1. The summed E-state index contributed by atoms with van der Waals surface area (Å²) in [6, 6.07) is 3.92. The zero-order valence-electron chi connectivity index (χ0n) is 11.8. The quantitative estimate of drug-likeness (QED) is 0.901. The minimum atomic E-state index is -1.01. The Labute approximate surface area is 118 Å². The van der Waals surface area contributed by atoms with E-state index in [9.17, 15) is 14.7 Å². The van der Waals surface area contributed by atoms with Gasteiger partial charge in [-0.15, -0.1) is 0 Å². The fourth-order valence-corrected chi connectivity index (χ4v) is 3.68. The molecule has 4 heteroatoms. The average Bonchev–Trinajstić information content (AvgIpc) is 3.02. The number of carbonyl (C=O) groups is 2. The molecule has 106 valence electrons. The number of rotatable bonds is 2. The van der Waals surface area contributed by atoms with Gasteiger partial charge < -0.3 is 10.0 Å². The van der Waals surface area contributed by atoms with E-state index in [-0.39, 0.29) is 11.5 Å². The number of carbonyl (C=O) groups excluding carboxylic acids is 1. The van der Waals surface area contributed by atoms with Crippen molar-refractivity contribution in [2.75, 3.05) is 6.54 Å². The first kappa shape index (κ1) is 13.2. The van der Waals surface area contributed by atoms with Crippen LogP contribution >= 0.6 is 0 Å². The number of carboxylic acids is 1. The summed E-state index contributed by atoms with van der Waals surface area (Å²) in [5, 5.41) is 9.42. The van der Waals surface area contributed by atoms with Gasteiger partial charge in [0.15, 0.2) is 0 Å². The first-order valence-electron chi connectivity index (χ1n) is 7.13. The van der Waals surface area contributed by atoms with Crippen molar-refractivity contribution >= 4 is 11.9 Å². The minimum Gasteiger partial charge on any atom is -0.478 e. The Morgan fingerprint density at radius 2 is 1.80 bits per heavy atom. The van der Waals surface area contributed by atoms with E-state index in [1.54, 1.807) is 13.0 Å². The predicted octanol–water partition coefficient (Wildman–Crippen LogP) is 2.63. The average molecular weight is 273 g/mol. The molecule has 0 aromatic heterocycles. The summed E-state index contributed by atoms with van der Waals surface area (Å²) >= 11 is 0. The molecule has 4 nitrogen and oxygen atoms in total. The maximum absolute atomic E-state index is 12.8. The number of aromatic carboxylic acids is 1. The van der Waals surface area contributed by atoms with E-state index in [0.29, 0.717) is 23.1 Å². The second-order valence-corrected chi connectivity index (χ2v) is 6.04. The van der Waals surface area contributed by atoms with E-state index < -0.39 is 5.97 Å². The molecule has 0 radical (unpaired) electrons. The van der Waals surface area contributed by atoms with Crippen LogP contribution < -0.4 is 0 Å². The van der Waals surface area contributed by atoms with Gasteiger partial charge in [-0.1, -0.05) is 12.1 Å². The molecule has 1 aliphatic heterocycles. The van der Waals surface area contributed by atoms with Crippen molar-refractivity contribution in [3.63, 3.8) is 0 Å². The zero-order valence-corrected chi connectivity index (χ0v) is 11.8. The van der Waals surface area contributed by atoms with Crippen LogP contribution in [-0.4, -0.2) is 34.5 Å². The van der Waals surface area contributed by atoms with Crippen LogP contribution in [-0.2, 0) is 0 Å². The van der Waals surface area contributed by atoms with E-state index in [1.807, 2.05) is 17.9 Å². The SMILES string of the molecule is Cc1ccc(C)c(C(=O)N2CC3CCC2C3)c1C(=O)O. The summed E-state index contributed by atoms with van der Waals surface area (Å²) in [6.07, 6.45) is 3.34. The summed E-state index contributed by atoms with van der Waals surface area (Å²) in [4.78, 5) is 26.2. The van der Waals surface area contributed by atoms with Crippen molar-refractivity contribution in [3.8, 4) is 0 Å². The lowest BCUT2D eigenvalue weighted by molar-refractivity contribution is 0.0656. The second kappa shape index (κ2) is 4.62. The molecule has 1 saturated carbocycles. The van der Waals surface area contributed by atoms with Crippen LogP contribution in [0.2, 0.25) is 0 Å². The van der Waals surface area contributed by atoms with Crippen molar-refractivity contribution in [1.29, 1.82) is 0 Å². The van der Waals surface area contributed by atoms with Gasteiger partial charge in [0.2, 0.25) is 0 Å². The summed E-state index contributed by atoms with van der Waals surface area (Å²) in [6.45, 7) is 4.35. The van der Waals surface area contributed by atoms with Gasteiger partial charge in [-0.3, -0.25) is 4.79 Å². The molecule has 0 spiro atoms. The van der Waals surface area contributed by atoms with Crippen molar-refractivity contribution in [3.05, 3.63) is 34.4 Å². The molecule has 1 saturated heterocycles. The standard InChI is InChI=1S/C16H19NO3/c1-9-3-4-10(2)14(16(19)20)13(9)15(18)17-8-11-5-6-12(17)7-11/h3-4,11-12H,5-8H2,1-2H3,(H,19,20). The molecule has 1 aromatic rings. The fourth-order valence-electron chi connectivity index (χ4n) is 3.68. The third kappa shape index (κ3) is 1.90. The van der Waals surface area contributed by atoms with Gasteiger partial charge in [0.25, 0.3) is 5.91 Å². The molecule has 1 heterocycles. The highest BCUT2D eigenvalue weighted by molar-refractivity contribution is 6.07. The maximum atomic E-state index is 12.8. The Hall–Kier alpha value is -1.84. The zero-order chi connectivity index (χ0) is 14.4. The molecule has 1 N–H and O–H groups in total. The highest BCUT2D eigenvalue weighted by atomic mass is 16.4. The van der Waals surface area contributed by atoms with Gasteiger partial charge in [-0.2, -0.15) is 0 Å². The maximum Gasteiger partial charge on any atom is 0.336 e. The molecule has 1 aliphatic carbocycles. The lowest BCUT2D eigenvalue weighted by atomic mass is 9.95. The highest BCUT2D eigenvalue weighted by Gasteiger charge is 2.41. The number of hydrogen-bond acceptors (Lipinski definition) is 2. The Balaban J connectivity index is 2.03. The van der Waals surface area contributed by atoms with Crippen LogP contribution in [0.5, 0.6) is 0 Å². The molecule has 2 aliphatic rings.